The summed E-state index contributed by atoms with van der Waals surface area (Å²) >= 11 is 1.85. The molecule has 0 saturated carbocycles. The van der Waals surface area contributed by atoms with Crippen molar-refractivity contribution in [1.29, 1.82) is 0 Å². The molecule has 1 aliphatic carbocycles. The Hall–Kier alpha value is -5.97. The lowest BCUT2D eigenvalue weighted by Gasteiger charge is -2.33. The van der Waals surface area contributed by atoms with Gasteiger partial charge >= 0.3 is 0 Å². The van der Waals surface area contributed by atoms with Crippen molar-refractivity contribution in [2.24, 2.45) is 0 Å². The van der Waals surface area contributed by atoms with Gasteiger partial charge in [-0.05, 0) is 63.0 Å². The van der Waals surface area contributed by atoms with Gasteiger partial charge < -0.3 is 0 Å². The van der Waals surface area contributed by atoms with Gasteiger partial charge in [0.25, 0.3) is 0 Å². The van der Waals surface area contributed by atoms with Gasteiger partial charge in [-0.25, -0.2) is 4.52 Å². The molecule has 0 fully saturated rings. The first-order valence-electron chi connectivity index (χ1n) is 16.4. The Morgan fingerprint density at radius 2 is 1.23 bits per heavy atom. The predicted octanol–water partition coefficient (Wildman–Crippen LogP) is 11.2. The normalized spacial score (nSPS) is 13.6. The average molecular weight is 630 g/mol. The van der Waals surface area contributed by atoms with Crippen LogP contribution in [0.1, 0.15) is 22.3 Å². The van der Waals surface area contributed by atoms with E-state index in [0.717, 1.165) is 11.3 Å². The molecule has 11 rings (SSSR count). The van der Waals surface area contributed by atoms with Crippen LogP contribution in [0.3, 0.4) is 0 Å². The van der Waals surface area contributed by atoms with Crippen LogP contribution in [-0.4, -0.2) is 14.2 Å². The quantitative estimate of drug-likeness (QED) is 0.191. The summed E-state index contributed by atoms with van der Waals surface area (Å²) in [4.78, 5) is 1.22. The number of rotatable bonds is 3. The van der Waals surface area contributed by atoms with Crippen LogP contribution in [0.5, 0.6) is 0 Å². The summed E-state index contributed by atoms with van der Waals surface area (Å²) in [5.74, 6) is 0.931. The van der Waals surface area contributed by atoms with Crippen LogP contribution in [0.4, 0.5) is 0 Å². The molecule has 0 bridgehead atoms. The topological polar surface area (TPSA) is 22.2 Å². The van der Waals surface area contributed by atoms with E-state index in [2.05, 4.69) is 168 Å². The summed E-state index contributed by atoms with van der Waals surface area (Å²) in [5.41, 5.74) is 9.57. The maximum absolute atomic E-state index is 5.22. The van der Waals surface area contributed by atoms with Gasteiger partial charge in [-0.1, -0.05) is 127 Å². The number of benzene rings is 6. The molecule has 1 aliphatic rings. The van der Waals surface area contributed by atoms with Crippen LogP contribution in [0.15, 0.2) is 164 Å². The molecule has 0 amide bonds. The highest BCUT2D eigenvalue weighted by molar-refractivity contribution is 7.25. The Balaban J connectivity index is 1.30. The van der Waals surface area contributed by atoms with Crippen molar-refractivity contribution in [2.45, 2.75) is 5.41 Å². The minimum Gasteiger partial charge on any atom is -0.283 e. The zero-order valence-corrected chi connectivity index (χ0v) is 26.7. The van der Waals surface area contributed by atoms with Gasteiger partial charge in [0.05, 0.1) is 16.4 Å². The zero-order valence-electron chi connectivity index (χ0n) is 25.8. The van der Waals surface area contributed by atoms with Crippen molar-refractivity contribution < 1.29 is 0 Å². The molecule has 0 aliphatic heterocycles. The number of pyridine rings is 1. The molecule has 10 aromatic rings. The number of nitrogens with zero attached hydrogens (tertiary/aromatic N) is 3. The number of hydrogen-bond donors (Lipinski definition) is 0. The van der Waals surface area contributed by atoms with Crippen LogP contribution in [0.25, 0.3) is 64.4 Å². The molecule has 48 heavy (non-hydrogen) atoms. The molecular formula is C44H27N3S. The molecule has 4 heterocycles. The molecule has 224 valence electrons. The van der Waals surface area contributed by atoms with E-state index in [1.54, 1.807) is 0 Å². The lowest BCUT2D eigenvalue weighted by atomic mass is 9.67. The summed E-state index contributed by atoms with van der Waals surface area (Å²) < 4.78 is 5.72. The maximum atomic E-state index is 5.22. The van der Waals surface area contributed by atoms with Crippen LogP contribution in [-0.2, 0) is 5.41 Å². The molecule has 6 aromatic carbocycles. The van der Waals surface area contributed by atoms with Gasteiger partial charge in [0.1, 0.15) is 4.83 Å². The fourth-order valence-electron chi connectivity index (χ4n) is 8.42. The third-order valence-corrected chi connectivity index (χ3v) is 11.6. The predicted molar refractivity (Wildman–Crippen MR) is 200 cm³/mol. The van der Waals surface area contributed by atoms with Crippen molar-refractivity contribution in [1.82, 2.24) is 14.2 Å². The average Bonchev–Trinajstić information content (AvgIpc) is 3.88. The summed E-state index contributed by atoms with van der Waals surface area (Å²) in [6.07, 6.45) is 2.14. The highest BCUT2D eigenvalue weighted by atomic mass is 32.1. The second-order valence-electron chi connectivity index (χ2n) is 12.8. The van der Waals surface area contributed by atoms with E-state index < -0.39 is 5.41 Å². The van der Waals surface area contributed by atoms with Gasteiger partial charge in [0.15, 0.2) is 5.82 Å². The molecule has 3 nitrogen and oxygen atoms in total. The van der Waals surface area contributed by atoms with Crippen LogP contribution in [0.2, 0.25) is 0 Å². The molecule has 0 saturated heterocycles. The molecule has 0 unspecified atom stereocenters. The number of aromatic nitrogens is 3. The maximum Gasteiger partial charge on any atom is 0.161 e. The highest BCUT2D eigenvalue weighted by Crippen LogP contribution is 2.58. The van der Waals surface area contributed by atoms with Gasteiger partial charge in [-0.2, -0.15) is 0 Å². The number of thiophene rings is 1. The van der Waals surface area contributed by atoms with Crippen molar-refractivity contribution in [2.75, 3.05) is 0 Å². The van der Waals surface area contributed by atoms with E-state index in [1.165, 1.54) is 75.4 Å². The van der Waals surface area contributed by atoms with E-state index in [9.17, 15) is 0 Å². The van der Waals surface area contributed by atoms with Crippen LogP contribution < -0.4 is 0 Å². The minimum atomic E-state index is -0.452. The first kappa shape index (κ1) is 26.1. The van der Waals surface area contributed by atoms with E-state index >= 15 is 0 Å². The van der Waals surface area contributed by atoms with Crippen molar-refractivity contribution >= 4 is 58.8 Å². The fourth-order valence-corrected chi connectivity index (χ4v) is 9.66. The molecule has 4 heteroatoms. The second kappa shape index (κ2) is 9.54. The van der Waals surface area contributed by atoms with Gasteiger partial charge in [-0.15, -0.1) is 16.4 Å². The van der Waals surface area contributed by atoms with Crippen molar-refractivity contribution in [3.05, 3.63) is 186 Å². The fraction of sp³-hybridized carbons (Fsp3) is 0.0227. The molecule has 0 N–H and O–H groups in total. The number of fused-ring (bicyclic) bond motifs is 10. The Morgan fingerprint density at radius 3 is 2.04 bits per heavy atom. The van der Waals surface area contributed by atoms with Crippen molar-refractivity contribution in [3.63, 3.8) is 0 Å². The first-order valence-corrected chi connectivity index (χ1v) is 17.2. The Morgan fingerprint density at radius 1 is 0.542 bits per heavy atom. The molecule has 4 aromatic heterocycles. The Bertz CT molecular complexity index is 2800. The largest absolute Gasteiger partial charge is 0.283 e. The highest BCUT2D eigenvalue weighted by Gasteiger charge is 2.46. The third kappa shape index (κ3) is 3.34. The molecular weight excluding hydrogens is 603 g/mol. The first-order chi connectivity index (χ1) is 23.8. The number of hydrogen-bond acceptors (Lipinski definition) is 2. The SMILES string of the molecule is c1ccc(C2(c3ccccc3)c3ccccc3-c3cc4c(cc32)c2c3ccccc3sc2n4-c2cc3cc4ccccc4cn3n2)cc1. The summed E-state index contributed by atoms with van der Waals surface area (Å²) in [5, 5.41) is 11.5. The summed E-state index contributed by atoms with van der Waals surface area (Å²) in [6, 6.07) is 57.9. The Kier molecular flexibility index (Phi) is 5.19. The Labute approximate surface area is 280 Å². The summed E-state index contributed by atoms with van der Waals surface area (Å²) in [6.45, 7) is 0. The van der Waals surface area contributed by atoms with Gasteiger partial charge in [0, 0.05) is 38.5 Å². The monoisotopic (exact) mass is 629 g/mol. The lowest BCUT2D eigenvalue weighted by molar-refractivity contribution is 0.769. The standard InChI is InChI=1S/C44H27N3S/c1-3-15-30(16-4-1)44(31-17-5-2-6-18-31)37-21-11-9-19-33(37)35-26-39-36(25-38(35)44)42-34-20-10-12-22-40(34)48-43(42)47(39)41-24-32-23-28-13-7-8-14-29(28)27-46(32)45-41/h1-27H. The van der Waals surface area contributed by atoms with E-state index in [0.29, 0.717) is 0 Å². The van der Waals surface area contributed by atoms with Gasteiger partial charge in [0.2, 0.25) is 0 Å². The van der Waals surface area contributed by atoms with Crippen LogP contribution in [0, 0.1) is 0 Å². The van der Waals surface area contributed by atoms with E-state index in [4.69, 9.17) is 5.10 Å². The lowest BCUT2D eigenvalue weighted by Crippen LogP contribution is -2.28. The molecule has 0 spiro atoms. The summed E-state index contributed by atoms with van der Waals surface area (Å²) in [7, 11) is 0. The van der Waals surface area contributed by atoms with Crippen LogP contribution >= 0.6 is 11.3 Å². The van der Waals surface area contributed by atoms with Gasteiger partial charge in [-0.3, -0.25) is 4.57 Å². The third-order valence-electron chi connectivity index (χ3n) is 10.4. The molecule has 0 radical (unpaired) electrons. The van der Waals surface area contributed by atoms with E-state index in [-0.39, 0.29) is 0 Å². The van der Waals surface area contributed by atoms with E-state index in [1.807, 2.05) is 15.9 Å². The molecule has 0 atom stereocenters. The van der Waals surface area contributed by atoms with Crippen molar-refractivity contribution in [3.8, 4) is 16.9 Å². The smallest absolute Gasteiger partial charge is 0.161 e. The zero-order chi connectivity index (χ0) is 31.4. The second-order valence-corrected chi connectivity index (χ2v) is 13.9. The minimum absolute atomic E-state index is 0.452.